The van der Waals surface area contributed by atoms with Gasteiger partial charge in [0.1, 0.15) is 16.3 Å². The van der Waals surface area contributed by atoms with E-state index in [1.807, 2.05) is 11.4 Å². The van der Waals surface area contributed by atoms with Crippen molar-refractivity contribution in [2.24, 2.45) is 23.2 Å². The van der Waals surface area contributed by atoms with Crippen molar-refractivity contribution in [2.75, 3.05) is 11.9 Å². The summed E-state index contributed by atoms with van der Waals surface area (Å²) < 4.78 is 10.7. The van der Waals surface area contributed by atoms with Crippen molar-refractivity contribution in [1.82, 2.24) is 0 Å². The molecule has 6 rings (SSSR count). The molecular formula is C23H27NO4S. The molecular weight excluding hydrogens is 386 g/mol. The van der Waals surface area contributed by atoms with E-state index in [9.17, 15) is 9.59 Å². The van der Waals surface area contributed by atoms with Crippen LogP contribution in [0.3, 0.4) is 0 Å². The molecule has 4 fully saturated rings. The molecule has 0 aliphatic heterocycles. The van der Waals surface area contributed by atoms with Gasteiger partial charge in [0.25, 0.3) is 0 Å². The molecule has 0 spiro atoms. The lowest BCUT2D eigenvalue weighted by atomic mass is 9.49. The number of ether oxygens (including phenoxy) is 1. The summed E-state index contributed by atoms with van der Waals surface area (Å²) in [5.41, 5.74) is 1.23. The molecule has 0 unspecified atom stereocenters. The monoisotopic (exact) mass is 413 g/mol. The maximum absolute atomic E-state index is 13.0. The highest BCUT2D eigenvalue weighted by Gasteiger charge is 2.51. The molecule has 29 heavy (non-hydrogen) atoms. The number of carbonyl (C=O) groups excluding carboxylic acids is 2. The van der Waals surface area contributed by atoms with E-state index in [2.05, 4.69) is 5.32 Å². The topological polar surface area (TPSA) is 68.5 Å². The fourth-order valence-electron chi connectivity index (χ4n) is 6.49. The molecule has 154 valence electrons. The summed E-state index contributed by atoms with van der Waals surface area (Å²) in [5, 5.41) is 5.46. The molecule has 2 heterocycles. The zero-order valence-corrected chi connectivity index (χ0v) is 17.6. The zero-order chi connectivity index (χ0) is 20.0. The van der Waals surface area contributed by atoms with Gasteiger partial charge in [0, 0.05) is 17.4 Å². The van der Waals surface area contributed by atoms with Gasteiger partial charge in [0.2, 0.25) is 5.91 Å². The van der Waals surface area contributed by atoms with Crippen molar-refractivity contribution in [3.63, 3.8) is 0 Å². The fourth-order valence-corrected chi connectivity index (χ4v) is 7.44. The van der Waals surface area contributed by atoms with E-state index in [1.165, 1.54) is 49.9 Å². The van der Waals surface area contributed by atoms with Crippen LogP contribution in [0.4, 0.5) is 5.00 Å². The third-order valence-electron chi connectivity index (χ3n) is 7.01. The van der Waals surface area contributed by atoms with E-state index in [0.29, 0.717) is 28.3 Å². The Hall–Kier alpha value is -2.08. The summed E-state index contributed by atoms with van der Waals surface area (Å²) in [7, 11) is 0. The minimum atomic E-state index is -0.426. The maximum Gasteiger partial charge on any atom is 0.341 e. The molecule has 0 aromatic carbocycles. The van der Waals surface area contributed by atoms with Crippen molar-refractivity contribution in [3.8, 4) is 11.3 Å². The second-order valence-electron chi connectivity index (χ2n) is 9.19. The molecule has 1 amide bonds. The van der Waals surface area contributed by atoms with Crippen LogP contribution in [-0.4, -0.2) is 18.5 Å². The van der Waals surface area contributed by atoms with Crippen LogP contribution in [-0.2, 0) is 9.53 Å². The summed E-state index contributed by atoms with van der Waals surface area (Å²) >= 11 is 1.36. The predicted molar refractivity (Wildman–Crippen MR) is 112 cm³/mol. The van der Waals surface area contributed by atoms with Crippen LogP contribution in [0.2, 0.25) is 0 Å². The predicted octanol–water partition coefficient (Wildman–Crippen LogP) is 5.73. The maximum atomic E-state index is 13.0. The molecule has 4 saturated carbocycles. The molecule has 5 nitrogen and oxygen atoms in total. The Kier molecular flexibility index (Phi) is 4.77. The Balaban J connectivity index is 1.36. The number of amides is 1. The van der Waals surface area contributed by atoms with Gasteiger partial charge in [-0.15, -0.1) is 11.3 Å². The SMILES string of the molecule is CCOC(=O)c1c(-c2ccco2)csc1NC(=O)CC12CC3CC(CC(C3)C1)C2. The number of esters is 1. The van der Waals surface area contributed by atoms with Gasteiger partial charge in [0.05, 0.1) is 12.9 Å². The lowest BCUT2D eigenvalue weighted by Crippen LogP contribution is -2.47. The highest BCUT2D eigenvalue weighted by molar-refractivity contribution is 7.15. The number of hydrogen-bond donors (Lipinski definition) is 1. The van der Waals surface area contributed by atoms with Crippen LogP contribution in [0, 0.1) is 23.2 Å². The van der Waals surface area contributed by atoms with Crippen molar-refractivity contribution >= 4 is 28.2 Å². The van der Waals surface area contributed by atoms with Crippen LogP contribution >= 0.6 is 11.3 Å². The fraction of sp³-hybridized carbons (Fsp3) is 0.565. The van der Waals surface area contributed by atoms with E-state index in [1.54, 1.807) is 19.3 Å². The smallest absolute Gasteiger partial charge is 0.341 e. The Bertz CT molecular complexity index is 878. The minimum Gasteiger partial charge on any atom is -0.464 e. The highest BCUT2D eigenvalue weighted by atomic mass is 32.1. The molecule has 4 aliphatic rings. The third kappa shape index (κ3) is 3.52. The van der Waals surface area contributed by atoms with Gasteiger partial charge in [-0.2, -0.15) is 0 Å². The van der Waals surface area contributed by atoms with E-state index in [4.69, 9.17) is 9.15 Å². The highest BCUT2D eigenvalue weighted by Crippen LogP contribution is 2.61. The number of rotatable bonds is 6. The number of carbonyl (C=O) groups is 2. The second kappa shape index (κ2) is 7.31. The number of thiophene rings is 1. The number of nitrogens with one attached hydrogen (secondary N) is 1. The average molecular weight is 414 g/mol. The van der Waals surface area contributed by atoms with Crippen LogP contribution in [0.15, 0.2) is 28.2 Å². The molecule has 0 radical (unpaired) electrons. The van der Waals surface area contributed by atoms with Gasteiger partial charge in [0.15, 0.2) is 0 Å². The third-order valence-corrected chi connectivity index (χ3v) is 7.91. The Labute approximate surface area is 174 Å². The molecule has 0 saturated heterocycles. The summed E-state index contributed by atoms with van der Waals surface area (Å²) in [6, 6.07) is 3.60. The number of anilines is 1. The summed E-state index contributed by atoms with van der Waals surface area (Å²) in [6.45, 7) is 2.06. The van der Waals surface area contributed by atoms with Crippen LogP contribution in [0.1, 0.15) is 62.2 Å². The van der Waals surface area contributed by atoms with E-state index < -0.39 is 5.97 Å². The van der Waals surface area contributed by atoms with Crippen LogP contribution in [0.25, 0.3) is 11.3 Å². The molecule has 1 N–H and O–H groups in total. The zero-order valence-electron chi connectivity index (χ0n) is 16.7. The first-order valence-corrected chi connectivity index (χ1v) is 11.6. The van der Waals surface area contributed by atoms with E-state index >= 15 is 0 Å². The van der Waals surface area contributed by atoms with Crippen molar-refractivity contribution in [2.45, 2.75) is 51.9 Å². The molecule has 2 aromatic rings. The quantitative estimate of drug-likeness (QED) is 0.614. The molecule has 0 atom stereocenters. The summed E-state index contributed by atoms with van der Waals surface area (Å²) in [4.78, 5) is 25.7. The molecule has 2 aromatic heterocycles. The average Bonchev–Trinajstić information content (AvgIpc) is 3.29. The molecule has 4 bridgehead atoms. The van der Waals surface area contributed by atoms with Crippen molar-refractivity contribution in [1.29, 1.82) is 0 Å². The van der Waals surface area contributed by atoms with Crippen molar-refractivity contribution in [3.05, 3.63) is 29.3 Å². The van der Waals surface area contributed by atoms with Gasteiger partial charge >= 0.3 is 5.97 Å². The lowest BCUT2D eigenvalue weighted by Gasteiger charge is -2.56. The van der Waals surface area contributed by atoms with Crippen LogP contribution < -0.4 is 5.32 Å². The first-order chi connectivity index (χ1) is 14.0. The Morgan fingerprint density at radius 3 is 2.48 bits per heavy atom. The summed E-state index contributed by atoms with van der Waals surface area (Å²) in [6.07, 6.45) is 9.82. The second-order valence-corrected chi connectivity index (χ2v) is 10.1. The Morgan fingerprint density at radius 1 is 1.21 bits per heavy atom. The number of furan rings is 1. The lowest BCUT2D eigenvalue weighted by molar-refractivity contribution is -0.124. The summed E-state index contributed by atoms with van der Waals surface area (Å²) in [5.74, 6) is 2.64. The van der Waals surface area contributed by atoms with Gasteiger partial charge < -0.3 is 14.5 Å². The first-order valence-electron chi connectivity index (χ1n) is 10.7. The van der Waals surface area contributed by atoms with Crippen LogP contribution in [0.5, 0.6) is 0 Å². The standard InChI is InChI=1S/C23H27NO4S/c1-2-27-22(26)20-17(18-4-3-5-28-18)13-29-21(20)24-19(25)12-23-9-14-6-15(10-23)8-16(7-14)11-23/h3-5,13-16H,2,6-12H2,1H3,(H,24,25). The molecule has 4 aliphatic carbocycles. The van der Waals surface area contributed by atoms with Gasteiger partial charge in [-0.25, -0.2) is 4.79 Å². The van der Waals surface area contributed by atoms with Gasteiger partial charge in [-0.1, -0.05) is 0 Å². The number of hydrogen-bond acceptors (Lipinski definition) is 5. The minimum absolute atomic E-state index is 0.0188. The largest absolute Gasteiger partial charge is 0.464 e. The normalized spacial score (nSPS) is 29.8. The Morgan fingerprint density at radius 2 is 1.90 bits per heavy atom. The van der Waals surface area contributed by atoms with Crippen molar-refractivity contribution < 1.29 is 18.7 Å². The van der Waals surface area contributed by atoms with E-state index in [-0.39, 0.29) is 17.9 Å². The first kappa shape index (κ1) is 18.9. The molecule has 6 heteroatoms. The van der Waals surface area contributed by atoms with Gasteiger partial charge in [-0.3, -0.25) is 4.79 Å². The van der Waals surface area contributed by atoms with Gasteiger partial charge in [-0.05, 0) is 80.8 Å². The van der Waals surface area contributed by atoms with E-state index in [0.717, 1.165) is 17.8 Å².